The summed E-state index contributed by atoms with van der Waals surface area (Å²) >= 11 is 1.95. The van der Waals surface area contributed by atoms with Gasteiger partial charge < -0.3 is 10.2 Å². The third-order valence-electron chi connectivity index (χ3n) is 4.09. The fourth-order valence-corrected chi connectivity index (χ4v) is 3.58. The van der Waals surface area contributed by atoms with Crippen molar-refractivity contribution in [1.29, 1.82) is 0 Å². The Bertz CT molecular complexity index is 710. The Hall–Kier alpha value is -2.15. The highest BCUT2D eigenvalue weighted by Gasteiger charge is 2.24. The molecule has 2 aromatic heterocycles. The van der Waals surface area contributed by atoms with Crippen molar-refractivity contribution in [2.75, 3.05) is 29.9 Å². The number of aromatic nitrogens is 3. The Kier molecular flexibility index (Phi) is 6.22. The number of nitrogens with one attached hydrogen (secondary N) is 1. The molecule has 132 valence electrons. The quantitative estimate of drug-likeness (QED) is 0.768. The zero-order valence-electron chi connectivity index (χ0n) is 14.4. The number of carbonyl (C=O) groups excluding carboxylic acids is 1. The fraction of sp³-hybridized carbons (Fsp3) is 0.444. The monoisotopic (exact) mass is 357 g/mol. The number of hydrogen-bond acceptors (Lipinski definition) is 6. The Morgan fingerprint density at radius 2 is 2.28 bits per heavy atom. The standard InChI is InChI=1S/C18H23N5OS/c1-2-9-25-10-7-20-17-15-5-8-23(12-16(15)21-13-22-17)18(24)14-4-3-6-19-11-14/h3-4,6,11,13H,2,5,7-10,12H2,1H3,(H,20,21,22). The molecule has 25 heavy (non-hydrogen) atoms. The van der Waals surface area contributed by atoms with Crippen molar-refractivity contribution in [1.82, 2.24) is 19.9 Å². The molecule has 0 spiro atoms. The molecular formula is C18H23N5OS. The maximum Gasteiger partial charge on any atom is 0.255 e. The van der Waals surface area contributed by atoms with Crippen LogP contribution in [-0.4, -0.2) is 50.4 Å². The second-order valence-electron chi connectivity index (χ2n) is 5.91. The van der Waals surface area contributed by atoms with Crippen LogP contribution in [0.4, 0.5) is 5.82 Å². The molecule has 0 saturated heterocycles. The molecule has 0 fully saturated rings. The van der Waals surface area contributed by atoms with Crippen molar-refractivity contribution in [2.24, 2.45) is 0 Å². The summed E-state index contributed by atoms with van der Waals surface area (Å²) in [6.07, 6.45) is 6.84. The number of carbonyl (C=O) groups is 1. The maximum atomic E-state index is 12.6. The lowest BCUT2D eigenvalue weighted by molar-refractivity contribution is 0.0731. The molecule has 0 radical (unpaired) electrons. The van der Waals surface area contributed by atoms with E-state index in [0.717, 1.165) is 35.8 Å². The van der Waals surface area contributed by atoms with Gasteiger partial charge in [-0.05, 0) is 30.7 Å². The summed E-state index contributed by atoms with van der Waals surface area (Å²) in [6, 6.07) is 3.58. The van der Waals surface area contributed by atoms with E-state index in [9.17, 15) is 4.79 Å². The summed E-state index contributed by atoms with van der Waals surface area (Å²) in [6.45, 7) is 4.28. The van der Waals surface area contributed by atoms with Gasteiger partial charge in [0.25, 0.3) is 5.91 Å². The minimum Gasteiger partial charge on any atom is -0.369 e. The number of thioether (sulfide) groups is 1. The zero-order valence-corrected chi connectivity index (χ0v) is 15.3. The van der Waals surface area contributed by atoms with Gasteiger partial charge in [0.1, 0.15) is 12.1 Å². The van der Waals surface area contributed by atoms with Crippen LogP contribution < -0.4 is 5.32 Å². The number of hydrogen-bond donors (Lipinski definition) is 1. The second-order valence-corrected chi connectivity index (χ2v) is 7.13. The van der Waals surface area contributed by atoms with Gasteiger partial charge >= 0.3 is 0 Å². The highest BCUT2D eigenvalue weighted by atomic mass is 32.2. The number of rotatable bonds is 7. The van der Waals surface area contributed by atoms with Crippen LogP contribution in [0, 0.1) is 0 Å². The molecule has 1 N–H and O–H groups in total. The third kappa shape index (κ3) is 4.48. The first-order valence-corrected chi connectivity index (χ1v) is 9.78. The Morgan fingerprint density at radius 1 is 1.36 bits per heavy atom. The molecule has 0 aliphatic carbocycles. The predicted molar refractivity (Wildman–Crippen MR) is 101 cm³/mol. The zero-order chi connectivity index (χ0) is 17.5. The highest BCUT2D eigenvalue weighted by molar-refractivity contribution is 7.99. The number of nitrogens with zero attached hydrogens (tertiary/aromatic N) is 4. The molecule has 3 heterocycles. The van der Waals surface area contributed by atoms with Crippen LogP contribution in [0.25, 0.3) is 0 Å². The summed E-state index contributed by atoms with van der Waals surface area (Å²) < 4.78 is 0. The average molecular weight is 357 g/mol. The number of amides is 1. The van der Waals surface area contributed by atoms with E-state index in [4.69, 9.17) is 0 Å². The van der Waals surface area contributed by atoms with E-state index >= 15 is 0 Å². The summed E-state index contributed by atoms with van der Waals surface area (Å²) in [5, 5.41) is 3.42. The molecule has 0 unspecified atom stereocenters. The molecule has 3 rings (SSSR count). The van der Waals surface area contributed by atoms with Gasteiger partial charge in [-0.2, -0.15) is 11.8 Å². The predicted octanol–water partition coefficient (Wildman–Crippen LogP) is 2.63. The van der Waals surface area contributed by atoms with Gasteiger partial charge in [-0.15, -0.1) is 0 Å². The molecule has 0 bridgehead atoms. The topological polar surface area (TPSA) is 71.0 Å². The van der Waals surface area contributed by atoms with Gasteiger partial charge in [-0.25, -0.2) is 9.97 Å². The molecule has 1 amide bonds. The van der Waals surface area contributed by atoms with Crippen LogP contribution in [0.2, 0.25) is 0 Å². The van der Waals surface area contributed by atoms with Crippen LogP contribution >= 0.6 is 11.8 Å². The Balaban J connectivity index is 1.64. The summed E-state index contributed by atoms with van der Waals surface area (Å²) in [4.78, 5) is 27.2. The Morgan fingerprint density at radius 3 is 3.08 bits per heavy atom. The Labute approximate surface area is 152 Å². The first kappa shape index (κ1) is 17.7. The number of fused-ring (bicyclic) bond motifs is 1. The van der Waals surface area contributed by atoms with Crippen LogP contribution in [0.3, 0.4) is 0 Å². The second kappa shape index (κ2) is 8.80. The van der Waals surface area contributed by atoms with Gasteiger partial charge in [0.2, 0.25) is 0 Å². The van der Waals surface area contributed by atoms with Crippen LogP contribution in [0.15, 0.2) is 30.9 Å². The lowest BCUT2D eigenvalue weighted by atomic mass is 10.0. The van der Waals surface area contributed by atoms with Crippen LogP contribution in [0.5, 0.6) is 0 Å². The SMILES string of the molecule is CCCSCCNc1ncnc2c1CCN(C(=O)c1cccnc1)C2. The van der Waals surface area contributed by atoms with Crippen LogP contribution in [-0.2, 0) is 13.0 Å². The first-order valence-electron chi connectivity index (χ1n) is 8.63. The minimum absolute atomic E-state index is 0.00263. The van der Waals surface area contributed by atoms with E-state index in [0.29, 0.717) is 18.7 Å². The van der Waals surface area contributed by atoms with E-state index in [-0.39, 0.29) is 5.91 Å². The largest absolute Gasteiger partial charge is 0.369 e. The van der Waals surface area contributed by atoms with Crippen molar-refractivity contribution < 1.29 is 4.79 Å². The maximum absolute atomic E-state index is 12.6. The van der Waals surface area contributed by atoms with Gasteiger partial charge in [-0.1, -0.05) is 6.92 Å². The molecule has 2 aromatic rings. The van der Waals surface area contributed by atoms with E-state index in [2.05, 4.69) is 27.2 Å². The smallest absolute Gasteiger partial charge is 0.255 e. The van der Waals surface area contributed by atoms with Crippen molar-refractivity contribution in [3.8, 4) is 0 Å². The normalized spacial score (nSPS) is 13.4. The number of anilines is 1. The minimum atomic E-state index is 0.00263. The average Bonchev–Trinajstić information content (AvgIpc) is 2.67. The molecule has 0 saturated carbocycles. The molecular weight excluding hydrogens is 334 g/mol. The van der Waals surface area contributed by atoms with Crippen molar-refractivity contribution in [3.63, 3.8) is 0 Å². The molecule has 1 aliphatic heterocycles. The van der Waals surface area contributed by atoms with E-state index in [1.54, 1.807) is 30.9 Å². The van der Waals surface area contributed by atoms with Crippen molar-refractivity contribution in [2.45, 2.75) is 26.3 Å². The van der Waals surface area contributed by atoms with Gasteiger partial charge in [0.05, 0.1) is 17.8 Å². The summed E-state index contributed by atoms with van der Waals surface area (Å²) in [5.41, 5.74) is 2.69. The number of pyridine rings is 1. The van der Waals surface area contributed by atoms with Crippen LogP contribution in [0.1, 0.15) is 35.0 Å². The summed E-state index contributed by atoms with van der Waals surface area (Å²) in [7, 11) is 0. The van der Waals surface area contributed by atoms with Gasteiger partial charge in [0, 0.05) is 36.8 Å². The molecule has 6 nitrogen and oxygen atoms in total. The third-order valence-corrected chi connectivity index (χ3v) is 5.28. The molecule has 1 aliphatic rings. The molecule has 0 aromatic carbocycles. The molecule has 7 heteroatoms. The van der Waals surface area contributed by atoms with Crippen molar-refractivity contribution in [3.05, 3.63) is 47.7 Å². The van der Waals surface area contributed by atoms with Gasteiger partial charge in [-0.3, -0.25) is 9.78 Å². The summed E-state index contributed by atoms with van der Waals surface area (Å²) in [5.74, 6) is 3.17. The van der Waals surface area contributed by atoms with E-state index < -0.39 is 0 Å². The molecule has 0 atom stereocenters. The first-order chi connectivity index (χ1) is 12.3. The van der Waals surface area contributed by atoms with E-state index in [1.165, 1.54) is 12.2 Å². The van der Waals surface area contributed by atoms with Gasteiger partial charge in [0.15, 0.2) is 0 Å². The highest BCUT2D eigenvalue weighted by Crippen LogP contribution is 2.23. The van der Waals surface area contributed by atoms with Crippen molar-refractivity contribution >= 4 is 23.5 Å². The lowest BCUT2D eigenvalue weighted by Crippen LogP contribution is -2.37. The lowest BCUT2D eigenvalue weighted by Gasteiger charge is -2.29. The van der Waals surface area contributed by atoms with E-state index in [1.807, 2.05) is 16.7 Å². The fourth-order valence-electron chi connectivity index (χ4n) is 2.84.